The molecule has 0 saturated carbocycles. The lowest BCUT2D eigenvalue weighted by molar-refractivity contribution is -0.384. The largest absolute Gasteiger partial charge is 0.457 e. The molecule has 0 bridgehead atoms. The molecule has 4 rings (SSSR count). The highest BCUT2D eigenvalue weighted by Crippen LogP contribution is 2.34. The number of carbonyl (C=O) groups excluding carboxylic acids is 2. The number of amides is 2. The lowest BCUT2D eigenvalue weighted by Gasteiger charge is -2.12. The molecule has 8 heteroatoms. The van der Waals surface area contributed by atoms with Gasteiger partial charge in [-0.2, -0.15) is 0 Å². The molecule has 1 aliphatic rings. The first-order valence-electron chi connectivity index (χ1n) is 8.65. The maximum atomic E-state index is 12.6. The van der Waals surface area contributed by atoms with E-state index in [4.69, 9.17) is 4.42 Å². The minimum Gasteiger partial charge on any atom is -0.457 e. The molecule has 0 radical (unpaired) electrons. The average Bonchev–Trinajstić information content (AvgIpc) is 3.30. The first kappa shape index (κ1) is 18.7. The molecule has 2 amide bonds. The van der Waals surface area contributed by atoms with Crippen LogP contribution in [0.2, 0.25) is 0 Å². The molecule has 1 aliphatic heterocycles. The van der Waals surface area contributed by atoms with Crippen LogP contribution in [0, 0.1) is 10.1 Å². The van der Waals surface area contributed by atoms with Crippen molar-refractivity contribution in [1.29, 1.82) is 0 Å². The van der Waals surface area contributed by atoms with E-state index >= 15 is 0 Å². The van der Waals surface area contributed by atoms with Crippen LogP contribution in [0.5, 0.6) is 0 Å². The first-order chi connectivity index (χ1) is 14.0. The second kappa shape index (κ2) is 7.76. The van der Waals surface area contributed by atoms with Crippen molar-refractivity contribution in [2.75, 3.05) is 0 Å². The minimum absolute atomic E-state index is 0.0465. The monoisotopic (exact) mass is 406 g/mol. The van der Waals surface area contributed by atoms with Gasteiger partial charge in [0.25, 0.3) is 16.8 Å². The molecule has 1 fully saturated rings. The summed E-state index contributed by atoms with van der Waals surface area (Å²) in [6, 6.07) is 18.9. The van der Waals surface area contributed by atoms with Crippen LogP contribution in [-0.2, 0) is 11.3 Å². The molecule has 1 aromatic heterocycles. The van der Waals surface area contributed by atoms with Crippen LogP contribution in [-0.4, -0.2) is 21.0 Å². The molecule has 0 atom stereocenters. The van der Waals surface area contributed by atoms with Gasteiger partial charge in [-0.1, -0.05) is 42.5 Å². The van der Waals surface area contributed by atoms with Crippen LogP contribution >= 0.6 is 11.8 Å². The molecular formula is C21H14N2O5S. The number of carbonyl (C=O) groups is 2. The van der Waals surface area contributed by atoms with Gasteiger partial charge in [-0.3, -0.25) is 24.6 Å². The van der Waals surface area contributed by atoms with E-state index < -0.39 is 16.1 Å². The number of hydrogen-bond acceptors (Lipinski definition) is 6. The summed E-state index contributed by atoms with van der Waals surface area (Å²) in [5.41, 5.74) is 1.50. The molecule has 0 aliphatic carbocycles. The number of imide groups is 1. The highest BCUT2D eigenvalue weighted by Gasteiger charge is 2.35. The summed E-state index contributed by atoms with van der Waals surface area (Å²) in [5, 5.41) is 10.3. The number of benzene rings is 2. The summed E-state index contributed by atoms with van der Waals surface area (Å²) >= 11 is 0.839. The van der Waals surface area contributed by atoms with Crippen molar-refractivity contribution < 1.29 is 18.9 Å². The van der Waals surface area contributed by atoms with Crippen LogP contribution < -0.4 is 0 Å². The molecule has 0 N–H and O–H groups in total. The van der Waals surface area contributed by atoms with Gasteiger partial charge >= 0.3 is 0 Å². The molecule has 3 aromatic rings. The molecular weight excluding hydrogens is 392 g/mol. The molecule has 0 spiro atoms. The van der Waals surface area contributed by atoms with Gasteiger partial charge in [0.05, 0.1) is 16.4 Å². The van der Waals surface area contributed by atoms with E-state index in [1.165, 1.54) is 24.3 Å². The SMILES string of the molecule is O=C1S/C(=C\c2ccc(-c3ccccc3)o2)C(=O)N1Cc1ccc([N+](=O)[O-])cc1. The predicted molar refractivity (Wildman–Crippen MR) is 109 cm³/mol. The smallest absolute Gasteiger partial charge is 0.293 e. The van der Waals surface area contributed by atoms with Gasteiger partial charge in [-0.05, 0) is 29.5 Å². The van der Waals surface area contributed by atoms with Gasteiger partial charge in [0, 0.05) is 23.8 Å². The standard InChI is InChI=1S/C21H14N2O5S/c24-20-19(12-17-10-11-18(28-17)15-4-2-1-3-5-15)29-21(25)22(20)13-14-6-8-16(9-7-14)23(26)27/h1-12H,13H2/b19-12-. The molecule has 144 valence electrons. The Balaban J connectivity index is 1.50. The van der Waals surface area contributed by atoms with Gasteiger partial charge in [-0.15, -0.1) is 0 Å². The van der Waals surface area contributed by atoms with Crippen molar-refractivity contribution in [2.24, 2.45) is 0 Å². The van der Waals surface area contributed by atoms with Crippen molar-refractivity contribution in [1.82, 2.24) is 4.90 Å². The number of hydrogen-bond donors (Lipinski definition) is 0. The summed E-state index contributed by atoms with van der Waals surface area (Å²) in [6.07, 6.45) is 1.55. The highest BCUT2D eigenvalue weighted by molar-refractivity contribution is 8.18. The maximum absolute atomic E-state index is 12.6. The fraction of sp³-hybridized carbons (Fsp3) is 0.0476. The summed E-state index contributed by atoms with van der Waals surface area (Å²) in [5.74, 6) is 0.725. The number of thioether (sulfide) groups is 1. The van der Waals surface area contributed by atoms with Crippen LogP contribution in [0.4, 0.5) is 10.5 Å². The Morgan fingerprint density at radius 2 is 1.72 bits per heavy atom. The molecule has 29 heavy (non-hydrogen) atoms. The van der Waals surface area contributed by atoms with E-state index in [0.717, 1.165) is 22.2 Å². The van der Waals surface area contributed by atoms with Gasteiger partial charge < -0.3 is 4.42 Å². The van der Waals surface area contributed by atoms with Crippen LogP contribution in [0.3, 0.4) is 0 Å². The van der Waals surface area contributed by atoms with E-state index in [9.17, 15) is 19.7 Å². The Hall–Kier alpha value is -3.65. The third kappa shape index (κ3) is 3.97. The average molecular weight is 406 g/mol. The Kier molecular flexibility index (Phi) is 5.01. The Morgan fingerprint density at radius 1 is 1.00 bits per heavy atom. The van der Waals surface area contributed by atoms with E-state index in [1.807, 2.05) is 36.4 Å². The predicted octanol–water partition coefficient (Wildman–Crippen LogP) is 5.09. The highest BCUT2D eigenvalue weighted by atomic mass is 32.2. The lowest BCUT2D eigenvalue weighted by Crippen LogP contribution is -2.27. The number of nitro groups is 1. The summed E-state index contributed by atoms with van der Waals surface area (Å²) in [6.45, 7) is 0.0490. The van der Waals surface area contributed by atoms with Crippen molar-refractivity contribution in [3.05, 3.63) is 93.1 Å². The van der Waals surface area contributed by atoms with Crippen LogP contribution in [0.25, 0.3) is 17.4 Å². The number of furan rings is 1. The Labute approximate surface area is 169 Å². The third-order valence-corrected chi connectivity index (χ3v) is 5.23. The summed E-state index contributed by atoms with van der Waals surface area (Å²) < 4.78 is 5.77. The number of nitro benzene ring substituents is 1. The number of non-ortho nitro benzene ring substituents is 1. The van der Waals surface area contributed by atoms with Crippen LogP contribution in [0.1, 0.15) is 11.3 Å². The second-order valence-corrected chi connectivity index (χ2v) is 7.25. The molecule has 1 saturated heterocycles. The van der Waals surface area contributed by atoms with Crippen molar-refractivity contribution in [3.8, 4) is 11.3 Å². The normalized spacial score (nSPS) is 15.3. The molecule has 7 nitrogen and oxygen atoms in total. The van der Waals surface area contributed by atoms with E-state index in [1.54, 1.807) is 12.1 Å². The van der Waals surface area contributed by atoms with E-state index in [2.05, 4.69) is 0 Å². The Morgan fingerprint density at radius 3 is 2.41 bits per heavy atom. The quantitative estimate of drug-likeness (QED) is 0.333. The minimum atomic E-state index is -0.500. The Bertz CT molecular complexity index is 1120. The third-order valence-electron chi connectivity index (χ3n) is 4.32. The zero-order valence-corrected chi connectivity index (χ0v) is 15.8. The maximum Gasteiger partial charge on any atom is 0.293 e. The van der Waals surface area contributed by atoms with E-state index in [-0.39, 0.29) is 17.1 Å². The van der Waals surface area contributed by atoms with Gasteiger partial charge in [0.1, 0.15) is 11.5 Å². The summed E-state index contributed by atoms with van der Waals surface area (Å²) in [7, 11) is 0. The molecule has 2 heterocycles. The van der Waals surface area contributed by atoms with E-state index in [0.29, 0.717) is 17.1 Å². The van der Waals surface area contributed by atoms with Gasteiger partial charge in [-0.25, -0.2) is 0 Å². The first-order valence-corrected chi connectivity index (χ1v) is 9.47. The van der Waals surface area contributed by atoms with Crippen molar-refractivity contribution >= 4 is 34.7 Å². The van der Waals surface area contributed by atoms with Crippen molar-refractivity contribution in [2.45, 2.75) is 6.54 Å². The van der Waals surface area contributed by atoms with Gasteiger partial charge in [0.15, 0.2) is 0 Å². The van der Waals surface area contributed by atoms with Gasteiger partial charge in [0.2, 0.25) is 0 Å². The zero-order chi connectivity index (χ0) is 20.4. The topological polar surface area (TPSA) is 93.7 Å². The molecule has 0 unspecified atom stereocenters. The summed E-state index contributed by atoms with van der Waals surface area (Å²) in [4.78, 5) is 36.5. The van der Waals surface area contributed by atoms with Crippen LogP contribution in [0.15, 0.2) is 76.1 Å². The lowest BCUT2D eigenvalue weighted by atomic mass is 10.2. The second-order valence-electron chi connectivity index (χ2n) is 6.26. The number of rotatable bonds is 5. The molecule has 2 aromatic carbocycles. The zero-order valence-electron chi connectivity index (χ0n) is 15.0. The fourth-order valence-corrected chi connectivity index (χ4v) is 3.68. The number of nitrogens with zero attached hydrogens (tertiary/aromatic N) is 2. The fourth-order valence-electron chi connectivity index (χ4n) is 2.86. The van der Waals surface area contributed by atoms with Crippen molar-refractivity contribution in [3.63, 3.8) is 0 Å².